The van der Waals surface area contributed by atoms with Gasteiger partial charge in [-0.3, -0.25) is 0 Å². The van der Waals surface area contributed by atoms with Gasteiger partial charge in [0.05, 0.1) is 0 Å². The van der Waals surface area contributed by atoms with Crippen LogP contribution in [0.4, 0.5) is 0 Å². The number of nitrogens with two attached hydrogens (primary N) is 1. The molecule has 2 nitrogen and oxygen atoms in total. The molecule has 0 aromatic heterocycles. The molecule has 0 bridgehead atoms. The summed E-state index contributed by atoms with van der Waals surface area (Å²) in [4.78, 5) is 0. The predicted molar refractivity (Wildman–Crippen MR) is 48.6 cm³/mol. The Labute approximate surface area is 72.0 Å². The molecule has 0 spiro atoms. The SMILES string of the molecule is C#Cc1ccc([C@H](C)N)c(O)c1. The average molecular weight is 161 g/mol. The van der Waals surface area contributed by atoms with E-state index < -0.39 is 0 Å². The molecule has 0 saturated carbocycles. The number of terminal acetylenes is 1. The summed E-state index contributed by atoms with van der Waals surface area (Å²) < 4.78 is 0. The molecule has 0 aliphatic rings. The molecule has 0 aliphatic carbocycles. The van der Waals surface area contributed by atoms with Gasteiger partial charge in [0.15, 0.2) is 0 Å². The molecule has 3 N–H and O–H groups in total. The third-order valence-corrected chi connectivity index (χ3v) is 1.69. The van der Waals surface area contributed by atoms with Crippen LogP contribution in [-0.2, 0) is 0 Å². The molecule has 62 valence electrons. The van der Waals surface area contributed by atoms with E-state index in [-0.39, 0.29) is 11.8 Å². The second kappa shape index (κ2) is 3.29. The van der Waals surface area contributed by atoms with Crippen molar-refractivity contribution < 1.29 is 5.11 Å². The van der Waals surface area contributed by atoms with Crippen LogP contribution in [0.25, 0.3) is 0 Å². The summed E-state index contributed by atoms with van der Waals surface area (Å²) in [6, 6.07) is 4.88. The van der Waals surface area contributed by atoms with Gasteiger partial charge < -0.3 is 10.8 Å². The quantitative estimate of drug-likeness (QED) is 0.611. The van der Waals surface area contributed by atoms with E-state index >= 15 is 0 Å². The van der Waals surface area contributed by atoms with E-state index in [0.717, 1.165) is 0 Å². The molecule has 1 rings (SSSR count). The molecule has 0 aliphatic heterocycles. The molecule has 1 aromatic carbocycles. The third kappa shape index (κ3) is 1.58. The summed E-state index contributed by atoms with van der Waals surface area (Å²) in [5.41, 5.74) is 6.97. The molecule has 2 heteroatoms. The maximum atomic E-state index is 9.42. The smallest absolute Gasteiger partial charge is 0.121 e. The van der Waals surface area contributed by atoms with Crippen LogP contribution in [0.1, 0.15) is 24.1 Å². The van der Waals surface area contributed by atoms with Crippen molar-refractivity contribution in [1.29, 1.82) is 0 Å². The van der Waals surface area contributed by atoms with Crippen molar-refractivity contribution in [2.45, 2.75) is 13.0 Å². The second-order valence-corrected chi connectivity index (χ2v) is 2.71. The minimum Gasteiger partial charge on any atom is -0.508 e. The van der Waals surface area contributed by atoms with E-state index in [0.29, 0.717) is 11.1 Å². The van der Waals surface area contributed by atoms with E-state index in [9.17, 15) is 5.11 Å². The zero-order valence-corrected chi connectivity index (χ0v) is 6.91. The van der Waals surface area contributed by atoms with Gasteiger partial charge in [0.25, 0.3) is 0 Å². The molecule has 1 atom stereocenters. The Morgan fingerprint density at radius 2 is 2.25 bits per heavy atom. The Bertz CT molecular complexity index is 323. The minimum absolute atomic E-state index is 0.167. The molecule has 0 unspecified atom stereocenters. The lowest BCUT2D eigenvalue weighted by Gasteiger charge is -2.07. The first-order chi connectivity index (χ1) is 5.65. The fourth-order valence-corrected chi connectivity index (χ4v) is 1.02. The lowest BCUT2D eigenvalue weighted by Crippen LogP contribution is -2.04. The number of rotatable bonds is 1. The van der Waals surface area contributed by atoms with Crippen LogP contribution in [0.2, 0.25) is 0 Å². The van der Waals surface area contributed by atoms with Gasteiger partial charge in [0, 0.05) is 17.2 Å². The van der Waals surface area contributed by atoms with E-state index in [2.05, 4.69) is 5.92 Å². The maximum absolute atomic E-state index is 9.42. The average Bonchev–Trinajstić information content (AvgIpc) is 2.03. The number of aromatic hydroxyl groups is 1. The van der Waals surface area contributed by atoms with Crippen molar-refractivity contribution in [3.8, 4) is 18.1 Å². The minimum atomic E-state index is -0.170. The van der Waals surface area contributed by atoms with Crippen molar-refractivity contribution in [2.75, 3.05) is 0 Å². The normalized spacial score (nSPS) is 12.1. The highest BCUT2D eigenvalue weighted by molar-refractivity contribution is 5.43. The van der Waals surface area contributed by atoms with Gasteiger partial charge in [-0.2, -0.15) is 0 Å². The fraction of sp³-hybridized carbons (Fsp3) is 0.200. The van der Waals surface area contributed by atoms with Gasteiger partial charge >= 0.3 is 0 Å². The van der Waals surface area contributed by atoms with Gasteiger partial charge in [-0.1, -0.05) is 12.0 Å². The first kappa shape index (κ1) is 8.63. The van der Waals surface area contributed by atoms with Gasteiger partial charge in [0.2, 0.25) is 0 Å². The molecule has 0 heterocycles. The molecule has 0 amide bonds. The molecule has 0 radical (unpaired) electrons. The van der Waals surface area contributed by atoms with Crippen LogP contribution in [0.5, 0.6) is 5.75 Å². The van der Waals surface area contributed by atoms with Crippen LogP contribution in [0.3, 0.4) is 0 Å². The number of phenols is 1. The van der Waals surface area contributed by atoms with E-state index in [1.807, 2.05) is 6.92 Å². The molecule has 0 fully saturated rings. The van der Waals surface area contributed by atoms with Crippen LogP contribution in [-0.4, -0.2) is 5.11 Å². The van der Waals surface area contributed by atoms with Gasteiger partial charge in [0.1, 0.15) is 5.75 Å². The summed E-state index contributed by atoms with van der Waals surface area (Å²) in [5, 5.41) is 9.42. The largest absolute Gasteiger partial charge is 0.508 e. The molecule has 1 aromatic rings. The van der Waals surface area contributed by atoms with Crippen LogP contribution < -0.4 is 5.73 Å². The monoisotopic (exact) mass is 161 g/mol. The number of benzene rings is 1. The summed E-state index contributed by atoms with van der Waals surface area (Å²) in [6.45, 7) is 1.81. The zero-order valence-electron chi connectivity index (χ0n) is 6.91. The fourth-order valence-electron chi connectivity index (χ4n) is 1.02. The van der Waals surface area contributed by atoms with Crippen molar-refractivity contribution in [3.05, 3.63) is 29.3 Å². The van der Waals surface area contributed by atoms with E-state index in [4.69, 9.17) is 12.2 Å². The van der Waals surface area contributed by atoms with Gasteiger partial charge in [-0.15, -0.1) is 6.42 Å². The molecular weight excluding hydrogens is 150 g/mol. The summed E-state index contributed by atoms with van der Waals surface area (Å²) in [5.74, 6) is 2.60. The van der Waals surface area contributed by atoms with Gasteiger partial charge in [-0.25, -0.2) is 0 Å². The third-order valence-electron chi connectivity index (χ3n) is 1.69. The van der Waals surface area contributed by atoms with Crippen molar-refractivity contribution in [3.63, 3.8) is 0 Å². The zero-order chi connectivity index (χ0) is 9.14. The Kier molecular flexibility index (Phi) is 2.37. The predicted octanol–water partition coefficient (Wildman–Crippen LogP) is 1.39. The summed E-state index contributed by atoms with van der Waals surface area (Å²) in [7, 11) is 0. The first-order valence-electron chi connectivity index (χ1n) is 3.70. The Hall–Kier alpha value is -1.46. The number of hydrogen-bond acceptors (Lipinski definition) is 2. The Morgan fingerprint density at radius 3 is 2.67 bits per heavy atom. The summed E-state index contributed by atoms with van der Waals surface area (Å²) in [6.07, 6.45) is 5.15. The summed E-state index contributed by atoms with van der Waals surface area (Å²) >= 11 is 0. The van der Waals surface area contributed by atoms with Crippen LogP contribution >= 0.6 is 0 Å². The molecular formula is C10H11NO. The number of hydrogen-bond donors (Lipinski definition) is 2. The number of phenolic OH excluding ortho intramolecular Hbond substituents is 1. The van der Waals surface area contributed by atoms with E-state index in [1.165, 1.54) is 0 Å². The molecule has 12 heavy (non-hydrogen) atoms. The first-order valence-corrected chi connectivity index (χ1v) is 3.70. The highest BCUT2D eigenvalue weighted by Crippen LogP contribution is 2.22. The lowest BCUT2D eigenvalue weighted by atomic mass is 10.1. The Morgan fingerprint density at radius 1 is 1.58 bits per heavy atom. The highest BCUT2D eigenvalue weighted by Gasteiger charge is 2.05. The lowest BCUT2D eigenvalue weighted by molar-refractivity contribution is 0.463. The topological polar surface area (TPSA) is 46.2 Å². The Balaban J connectivity index is 3.14. The second-order valence-electron chi connectivity index (χ2n) is 2.71. The van der Waals surface area contributed by atoms with Crippen LogP contribution in [0.15, 0.2) is 18.2 Å². The van der Waals surface area contributed by atoms with E-state index in [1.54, 1.807) is 18.2 Å². The van der Waals surface area contributed by atoms with Crippen molar-refractivity contribution in [2.24, 2.45) is 5.73 Å². The van der Waals surface area contributed by atoms with Crippen LogP contribution in [0, 0.1) is 12.3 Å². The maximum Gasteiger partial charge on any atom is 0.121 e. The highest BCUT2D eigenvalue weighted by atomic mass is 16.3. The van der Waals surface area contributed by atoms with Crippen molar-refractivity contribution in [1.82, 2.24) is 0 Å². The van der Waals surface area contributed by atoms with Crippen molar-refractivity contribution >= 4 is 0 Å². The molecule has 0 saturated heterocycles. The van der Waals surface area contributed by atoms with Gasteiger partial charge in [-0.05, 0) is 19.1 Å². The standard InChI is InChI=1S/C10H11NO/c1-3-8-4-5-9(7(2)11)10(12)6-8/h1,4-7,12H,11H2,2H3/t7-/m0/s1.